The maximum Gasteiger partial charge on any atom is 0.0850 e. The molecule has 4 heteroatoms. The summed E-state index contributed by atoms with van der Waals surface area (Å²) >= 11 is 6.40. The minimum absolute atomic E-state index is 0.161. The number of rotatable bonds is 7. The van der Waals surface area contributed by atoms with E-state index in [0.717, 1.165) is 35.8 Å². The summed E-state index contributed by atoms with van der Waals surface area (Å²) in [5, 5.41) is 5.35. The van der Waals surface area contributed by atoms with Gasteiger partial charge in [0.2, 0.25) is 0 Å². The highest BCUT2D eigenvalue weighted by atomic mass is 35.5. The lowest BCUT2D eigenvalue weighted by molar-refractivity contribution is 0.410. The summed E-state index contributed by atoms with van der Waals surface area (Å²) in [6.07, 6.45) is 4.04. The Balaban J connectivity index is 2.85. The molecule has 2 atom stereocenters. The summed E-state index contributed by atoms with van der Waals surface area (Å²) in [7, 11) is 0. The van der Waals surface area contributed by atoms with Gasteiger partial charge in [-0.05, 0) is 25.7 Å². The molecule has 1 rings (SSSR count). The van der Waals surface area contributed by atoms with E-state index in [1.165, 1.54) is 12.8 Å². The van der Waals surface area contributed by atoms with Crippen LogP contribution in [0.15, 0.2) is 0 Å². The molecule has 0 fully saturated rings. The monoisotopic (exact) mass is 271 g/mol. The molecule has 2 N–H and O–H groups in total. The number of aromatic nitrogens is 2. The molecule has 0 radical (unpaired) electrons. The molecule has 1 aromatic heterocycles. The van der Waals surface area contributed by atoms with Crippen molar-refractivity contribution < 1.29 is 0 Å². The zero-order chi connectivity index (χ0) is 13.7. The molecule has 0 aliphatic rings. The van der Waals surface area contributed by atoms with Crippen LogP contribution in [0.2, 0.25) is 5.02 Å². The van der Waals surface area contributed by atoms with E-state index in [0.29, 0.717) is 5.92 Å². The summed E-state index contributed by atoms with van der Waals surface area (Å²) in [4.78, 5) is 0. The molecule has 0 aliphatic carbocycles. The highest BCUT2D eigenvalue weighted by Crippen LogP contribution is 2.24. The Hall–Kier alpha value is -0.540. The number of aryl methyl sites for hydroxylation is 2. The molecule has 0 spiro atoms. The van der Waals surface area contributed by atoms with Gasteiger partial charge in [-0.15, -0.1) is 0 Å². The van der Waals surface area contributed by atoms with Crippen LogP contribution in [0.25, 0.3) is 0 Å². The molecule has 1 aromatic rings. The van der Waals surface area contributed by atoms with E-state index in [1.807, 2.05) is 4.68 Å². The third-order valence-corrected chi connectivity index (χ3v) is 4.03. The lowest BCUT2D eigenvalue weighted by Gasteiger charge is -2.19. The third-order valence-electron chi connectivity index (χ3n) is 3.60. The van der Waals surface area contributed by atoms with Gasteiger partial charge in [0, 0.05) is 19.0 Å². The molecule has 1 heterocycles. The van der Waals surface area contributed by atoms with E-state index >= 15 is 0 Å². The molecule has 3 nitrogen and oxygen atoms in total. The molecule has 0 aliphatic heterocycles. The Labute approximate surface area is 116 Å². The second-order valence-corrected chi connectivity index (χ2v) is 5.39. The molecular weight excluding hydrogens is 246 g/mol. The fraction of sp³-hybridized carbons (Fsp3) is 0.786. The fourth-order valence-corrected chi connectivity index (χ4v) is 2.65. The number of nitrogens with zero attached hydrogens (tertiary/aromatic N) is 2. The second kappa shape index (κ2) is 7.15. The Kier molecular flexibility index (Phi) is 6.16. The van der Waals surface area contributed by atoms with Crippen molar-refractivity contribution in [2.45, 2.75) is 66.0 Å². The Morgan fingerprint density at radius 3 is 2.50 bits per heavy atom. The third kappa shape index (κ3) is 3.48. The Bertz CT molecular complexity index is 373. The quantitative estimate of drug-likeness (QED) is 0.826. The van der Waals surface area contributed by atoms with Gasteiger partial charge in [0.15, 0.2) is 0 Å². The highest BCUT2D eigenvalue weighted by Gasteiger charge is 2.19. The van der Waals surface area contributed by atoms with Gasteiger partial charge in [-0.25, -0.2) is 0 Å². The van der Waals surface area contributed by atoms with Gasteiger partial charge in [-0.2, -0.15) is 5.10 Å². The van der Waals surface area contributed by atoms with Crippen LogP contribution in [0, 0.1) is 5.92 Å². The maximum atomic E-state index is 6.40. The van der Waals surface area contributed by atoms with Crippen LogP contribution in [0.1, 0.15) is 51.9 Å². The lowest BCUT2D eigenvalue weighted by Crippen LogP contribution is -2.31. The Morgan fingerprint density at radius 2 is 2.00 bits per heavy atom. The van der Waals surface area contributed by atoms with Gasteiger partial charge in [-0.1, -0.05) is 38.8 Å². The van der Waals surface area contributed by atoms with E-state index in [4.69, 9.17) is 17.3 Å². The smallest absolute Gasteiger partial charge is 0.0850 e. The standard InChI is InChI=1S/C14H26ClN3/c1-5-8-10(4)11(16)9-13-14(15)12(6-2)17-18(13)7-3/h10-11H,5-9,16H2,1-4H3. The van der Waals surface area contributed by atoms with Crippen molar-refractivity contribution >= 4 is 11.6 Å². The van der Waals surface area contributed by atoms with Crippen molar-refractivity contribution in [1.82, 2.24) is 9.78 Å². The van der Waals surface area contributed by atoms with Crippen LogP contribution in [0.5, 0.6) is 0 Å². The first-order valence-electron chi connectivity index (χ1n) is 7.04. The summed E-state index contributed by atoms with van der Waals surface area (Å²) in [5.74, 6) is 0.524. The minimum Gasteiger partial charge on any atom is -0.327 e. The second-order valence-electron chi connectivity index (χ2n) is 5.01. The lowest BCUT2D eigenvalue weighted by atomic mass is 9.94. The number of hydrogen-bond acceptors (Lipinski definition) is 2. The van der Waals surface area contributed by atoms with Crippen molar-refractivity contribution in [3.8, 4) is 0 Å². The van der Waals surface area contributed by atoms with E-state index in [-0.39, 0.29) is 6.04 Å². The molecule has 0 amide bonds. The van der Waals surface area contributed by atoms with Crippen LogP contribution in [0.4, 0.5) is 0 Å². The van der Waals surface area contributed by atoms with Gasteiger partial charge in [0.1, 0.15) is 0 Å². The predicted molar refractivity (Wildman–Crippen MR) is 78.0 cm³/mol. The van der Waals surface area contributed by atoms with Crippen LogP contribution >= 0.6 is 11.6 Å². The van der Waals surface area contributed by atoms with E-state index in [2.05, 4.69) is 32.8 Å². The average Bonchev–Trinajstić information content (AvgIpc) is 2.66. The van der Waals surface area contributed by atoms with Crippen molar-refractivity contribution in [2.75, 3.05) is 0 Å². The van der Waals surface area contributed by atoms with Crippen LogP contribution < -0.4 is 5.73 Å². The number of halogens is 1. The van der Waals surface area contributed by atoms with Crippen molar-refractivity contribution in [3.63, 3.8) is 0 Å². The predicted octanol–water partition coefficient (Wildman–Crippen LogP) is 3.42. The van der Waals surface area contributed by atoms with E-state index < -0.39 is 0 Å². The first kappa shape index (κ1) is 15.5. The maximum absolute atomic E-state index is 6.40. The number of hydrogen-bond donors (Lipinski definition) is 1. The first-order valence-corrected chi connectivity index (χ1v) is 7.42. The molecule has 104 valence electrons. The van der Waals surface area contributed by atoms with Crippen molar-refractivity contribution in [3.05, 3.63) is 16.4 Å². The SMILES string of the molecule is CCCC(C)C(N)Cc1c(Cl)c(CC)nn1CC. The minimum atomic E-state index is 0.161. The molecule has 0 bridgehead atoms. The average molecular weight is 272 g/mol. The van der Waals surface area contributed by atoms with Gasteiger partial charge >= 0.3 is 0 Å². The topological polar surface area (TPSA) is 43.8 Å². The van der Waals surface area contributed by atoms with Gasteiger partial charge < -0.3 is 5.73 Å². The van der Waals surface area contributed by atoms with E-state index in [9.17, 15) is 0 Å². The highest BCUT2D eigenvalue weighted by molar-refractivity contribution is 6.31. The zero-order valence-electron chi connectivity index (χ0n) is 12.0. The normalized spacial score (nSPS) is 14.8. The van der Waals surface area contributed by atoms with Crippen LogP contribution in [-0.4, -0.2) is 15.8 Å². The summed E-state index contributed by atoms with van der Waals surface area (Å²) in [5.41, 5.74) is 8.37. The summed E-state index contributed by atoms with van der Waals surface area (Å²) in [6.45, 7) is 9.44. The largest absolute Gasteiger partial charge is 0.327 e. The molecule has 0 aromatic carbocycles. The summed E-state index contributed by atoms with van der Waals surface area (Å²) < 4.78 is 2.00. The molecular formula is C14H26ClN3. The van der Waals surface area contributed by atoms with Crippen molar-refractivity contribution in [2.24, 2.45) is 11.7 Å². The van der Waals surface area contributed by atoms with Crippen LogP contribution in [-0.2, 0) is 19.4 Å². The van der Waals surface area contributed by atoms with Gasteiger partial charge in [0.25, 0.3) is 0 Å². The Morgan fingerprint density at radius 1 is 1.33 bits per heavy atom. The summed E-state index contributed by atoms with van der Waals surface area (Å²) in [6, 6.07) is 0.161. The van der Waals surface area contributed by atoms with Crippen LogP contribution in [0.3, 0.4) is 0 Å². The molecule has 2 unspecified atom stereocenters. The molecule has 18 heavy (non-hydrogen) atoms. The fourth-order valence-electron chi connectivity index (χ4n) is 2.31. The first-order chi connectivity index (χ1) is 8.54. The molecule has 0 saturated heterocycles. The molecule has 0 saturated carbocycles. The van der Waals surface area contributed by atoms with E-state index in [1.54, 1.807) is 0 Å². The van der Waals surface area contributed by atoms with Gasteiger partial charge in [-0.3, -0.25) is 4.68 Å². The van der Waals surface area contributed by atoms with Crippen molar-refractivity contribution in [1.29, 1.82) is 0 Å². The zero-order valence-corrected chi connectivity index (χ0v) is 12.8. The van der Waals surface area contributed by atoms with Gasteiger partial charge in [0.05, 0.1) is 16.4 Å². The number of nitrogens with two attached hydrogens (primary N) is 1.